The maximum Gasteiger partial charge on any atom is 0.389 e. The van der Waals surface area contributed by atoms with Crippen LogP contribution < -0.4 is 0 Å². The number of hydrogen-bond acceptors (Lipinski definition) is 2. The maximum absolute atomic E-state index is 11.8. The van der Waals surface area contributed by atoms with Crippen molar-refractivity contribution in [2.75, 3.05) is 0 Å². The van der Waals surface area contributed by atoms with E-state index in [1.165, 1.54) is 0 Å². The topological polar surface area (TPSA) is 30.0 Å². The Bertz CT molecular complexity index is 335. The van der Waals surface area contributed by atoms with Crippen molar-refractivity contribution < 1.29 is 18.0 Å². The fraction of sp³-hybridized carbons (Fsp3) is 0.455. The van der Waals surface area contributed by atoms with Gasteiger partial charge in [0.1, 0.15) is 5.78 Å². The minimum Gasteiger partial charge on any atom is -0.300 e. The Morgan fingerprint density at radius 3 is 2.56 bits per heavy atom. The molecule has 88 valence electrons. The van der Waals surface area contributed by atoms with Gasteiger partial charge in [0.05, 0.1) is 6.42 Å². The van der Waals surface area contributed by atoms with Gasteiger partial charge in [-0.2, -0.15) is 13.2 Å². The number of hydrogen-bond donors (Lipinski definition) is 0. The molecule has 1 heterocycles. The van der Waals surface area contributed by atoms with Gasteiger partial charge in [0.25, 0.3) is 0 Å². The number of rotatable bonds is 5. The fourth-order valence-electron chi connectivity index (χ4n) is 1.22. The molecule has 0 aromatic carbocycles. The van der Waals surface area contributed by atoms with E-state index < -0.39 is 19.0 Å². The van der Waals surface area contributed by atoms with Crippen LogP contribution >= 0.6 is 0 Å². The molecule has 0 amide bonds. The van der Waals surface area contributed by atoms with E-state index in [0.29, 0.717) is 6.42 Å². The zero-order valence-electron chi connectivity index (χ0n) is 8.63. The van der Waals surface area contributed by atoms with Crippen LogP contribution in [0.2, 0.25) is 0 Å². The summed E-state index contributed by atoms with van der Waals surface area (Å²) < 4.78 is 35.4. The maximum atomic E-state index is 11.8. The molecule has 1 aromatic rings. The largest absolute Gasteiger partial charge is 0.389 e. The predicted molar refractivity (Wildman–Crippen MR) is 52.9 cm³/mol. The first-order chi connectivity index (χ1) is 7.47. The molecule has 5 heteroatoms. The molecule has 0 N–H and O–H groups in total. The Balaban J connectivity index is 2.26. The average Bonchev–Trinajstić information content (AvgIpc) is 2.24. The van der Waals surface area contributed by atoms with E-state index in [1.54, 1.807) is 24.4 Å². The summed E-state index contributed by atoms with van der Waals surface area (Å²) in [5.41, 5.74) is 0.725. The van der Waals surface area contributed by atoms with Gasteiger partial charge in [-0.25, -0.2) is 0 Å². The van der Waals surface area contributed by atoms with Crippen molar-refractivity contribution in [3.8, 4) is 0 Å². The lowest BCUT2D eigenvalue weighted by Gasteiger charge is -2.04. The smallest absolute Gasteiger partial charge is 0.300 e. The highest BCUT2D eigenvalue weighted by Gasteiger charge is 2.27. The summed E-state index contributed by atoms with van der Waals surface area (Å²) in [6.45, 7) is 0. The third-order valence-corrected chi connectivity index (χ3v) is 2.07. The number of ketones is 1. The summed E-state index contributed by atoms with van der Waals surface area (Å²) in [6.07, 6.45) is -3.61. The summed E-state index contributed by atoms with van der Waals surface area (Å²) in [7, 11) is 0. The van der Waals surface area contributed by atoms with Crippen molar-refractivity contribution in [3.05, 3.63) is 30.1 Å². The van der Waals surface area contributed by atoms with Gasteiger partial charge in [-0.3, -0.25) is 9.78 Å². The van der Waals surface area contributed by atoms with E-state index in [9.17, 15) is 18.0 Å². The third-order valence-electron chi connectivity index (χ3n) is 2.07. The van der Waals surface area contributed by atoms with Crippen LogP contribution in [0.15, 0.2) is 24.4 Å². The highest BCUT2D eigenvalue weighted by Crippen LogP contribution is 2.21. The molecular formula is C11H12F3NO. The van der Waals surface area contributed by atoms with Gasteiger partial charge in [-0.05, 0) is 18.6 Å². The second kappa shape index (κ2) is 5.63. The zero-order chi connectivity index (χ0) is 12.0. The molecule has 0 aliphatic heterocycles. The molecule has 0 saturated heterocycles. The summed E-state index contributed by atoms with van der Waals surface area (Å²) in [6, 6.07) is 5.27. The first kappa shape index (κ1) is 12.7. The van der Waals surface area contributed by atoms with Crippen molar-refractivity contribution >= 4 is 5.78 Å². The summed E-state index contributed by atoms with van der Waals surface area (Å²) in [5.74, 6) is -0.372. The number of aromatic nitrogens is 1. The lowest BCUT2D eigenvalue weighted by molar-refractivity contribution is -0.143. The molecule has 16 heavy (non-hydrogen) atoms. The number of alkyl halides is 3. The van der Waals surface area contributed by atoms with Crippen LogP contribution in [-0.2, 0) is 11.2 Å². The molecule has 0 spiro atoms. The lowest BCUT2D eigenvalue weighted by atomic mass is 10.1. The second-order valence-corrected chi connectivity index (χ2v) is 3.47. The minimum absolute atomic E-state index is 0.118. The summed E-state index contributed by atoms with van der Waals surface area (Å²) in [4.78, 5) is 15.1. The van der Waals surface area contributed by atoms with Gasteiger partial charge in [0.2, 0.25) is 0 Å². The van der Waals surface area contributed by atoms with E-state index in [2.05, 4.69) is 4.98 Å². The van der Waals surface area contributed by atoms with E-state index in [4.69, 9.17) is 0 Å². The number of aryl methyl sites for hydroxylation is 1. The van der Waals surface area contributed by atoms with E-state index in [-0.39, 0.29) is 12.2 Å². The monoisotopic (exact) mass is 231 g/mol. The van der Waals surface area contributed by atoms with E-state index in [0.717, 1.165) is 5.69 Å². The van der Waals surface area contributed by atoms with Gasteiger partial charge < -0.3 is 0 Å². The number of nitrogens with zero attached hydrogens (tertiary/aromatic N) is 1. The average molecular weight is 231 g/mol. The standard InChI is InChI=1S/C11H12F3NO/c12-11(13,14)7-6-10(16)5-4-9-3-1-2-8-15-9/h1-3,8H,4-7H2. The van der Waals surface area contributed by atoms with Crippen molar-refractivity contribution in [2.24, 2.45) is 0 Å². The molecule has 1 aromatic heterocycles. The van der Waals surface area contributed by atoms with Crippen molar-refractivity contribution in [1.29, 1.82) is 0 Å². The molecule has 0 bridgehead atoms. The Labute approximate surface area is 91.5 Å². The Morgan fingerprint density at radius 1 is 1.25 bits per heavy atom. The van der Waals surface area contributed by atoms with Crippen LogP contribution in [0.25, 0.3) is 0 Å². The Hall–Kier alpha value is -1.39. The lowest BCUT2D eigenvalue weighted by Crippen LogP contribution is -2.11. The number of pyridine rings is 1. The molecule has 0 atom stereocenters. The first-order valence-electron chi connectivity index (χ1n) is 4.96. The van der Waals surface area contributed by atoms with E-state index >= 15 is 0 Å². The molecule has 0 radical (unpaired) electrons. The minimum atomic E-state index is -4.25. The van der Waals surface area contributed by atoms with Gasteiger partial charge in [-0.15, -0.1) is 0 Å². The predicted octanol–water partition coefficient (Wildman–Crippen LogP) is 2.93. The first-order valence-corrected chi connectivity index (χ1v) is 4.96. The second-order valence-electron chi connectivity index (χ2n) is 3.47. The van der Waals surface area contributed by atoms with Gasteiger partial charge >= 0.3 is 6.18 Å². The normalized spacial score (nSPS) is 11.4. The molecule has 2 nitrogen and oxygen atoms in total. The van der Waals surface area contributed by atoms with Gasteiger partial charge in [0.15, 0.2) is 0 Å². The highest BCUT2D eigenvalue weighted by atomic mass is 19.4. The number of carbonyl (C=O) groups is 1. The Morgan fingerprint density at radius 2 is 2.00 bits per heavy atom. The van der Waals surface area contributed by atoms with Gasteiger partial charge in [-0.1, -0.05) is 6.07 Å². The van der Waals surface area contributed by atoms with Gasteiger partial charge in [0, 0.05) is 24.7 Å². The van der Waals surface area contributed by atoms with Crippen LogP contribution in [0.3, 0.4) is 0 Å². The quantitative estimate of drug-likeness (QED) is 0.779. The van der Waals surface area contributed by atoms with Crippen LogP contribution in [0.5, 0.6) is 0 Å². The number of carbonyl (C=O) groups excluding carboxylic acids is 1. The van der Waals surface area contributed by atoms with Crippen LogP contribution in [0.1, 0.15) is 25.0 Å². The molecule has 0 fully saturated rings. The van der Waals surface area contributed by atoms with Crippen molar-refractivity contribution in [2.45, 2.75) is 31.9 Å². The van der Waals surface area contributed by atoms with Crippen LogP contribution in [-0.4, -0.2) is 16.9 Å². The SMILES string of the molecule is O=C(CCc1ccccn1)CCC(F)(F)F. The van der Waals surface area contributed by atoms with Crippen molar-refractivity contribution in [3.63, 3.8) is 0 Å². The molecule has 0 saturated carbocycles. The molecule has 0 unspecified atom stereocenters. The fourth-order valence-corrected chi connectivity index (χ4v) is 1.22. The number of Topliss-reactive ketones (excluding diaryl/α,β-unsaturated/α-hetero) is 1. The molecule has 0 aliphatic rings. The van der Waals surface area contributed by atoms with E-state index in [1.807, 2.05) is 0 Å². The van der Waals surface area contributed by atoms with Crippen LogP contribution in [0.4, 0.5) is 13.2 Å². The summed E-state index contributed by atoms with van der Waals surface area (Å²) >= 11 is 0. The Kier molecular flexibility index (Phi) is 4.46. The molecule has 1 rings (SSSR count). The summed E-state index contributed by atoms with van der Waals surface area (Å²) in [5, 5.41) is 0. The highest BCUT2D eigenvalue weighted by molar-refractivity contribution is 5.78. The third kappa shape index (κ3) is 5.48. The zero-order valence-corrected chi connectivity index (χ0v) is 8.63. The molecular weight excluding hydrogens is 219 g/mol. The van der Waals surface area contributed by atoms with Crippen molar-refractivity contribution in [1.82, 2.24) is 4.98 Å². The van der Waals surface area contributed by atoms with Crippen LogP contribution in [0, 0.1) is 0 Å². The molecule has 0 aliphatic carbocycles. The number of halogens is 3.